The van der Waals surface area contributed by atoms with Gasteiger partial charge in [-0.25, -0.2) is 9.97 Å². The lowest BCUT2D eigenvalue weighted by Crippen LogP contribution is -1.92. The number of hydrogen-bond donors (Lipinski definition) is 1. The van der Waals surface area contributed by atoms with Gasteiger partial charge in [-0.1, -0.05) is 0 Å². The van der Waals surface area contributed by atoms with E-state index in [0.717, 1.165) is 17.1 Å². The fraction of sp³-hybridized carbons (Fsp3) is 0.286. The van der Waals surface area contributed by atoms with E-state index in [2.05, 4.69) is 9.97 Å². The van der Waals surface area contributed by atoms with Crippen molar-refractivity contribution in [3.8, 4) is 11.5 Å². The summed E-state index contributed by atoms with van der Waals surface area (Å²) < 4.78 is 9.96. The number of ether oxygens (including phenoxy) is 2. The number of aromatic nitrogens is 2. The molecule has 0 fully saturated rings. The zero-order chi connectivity index (χ0) is 14.3. The third-order valence-electron chi connectivity index (χ3n) is 2.38. The Balaban J connectivity index is 0.000000200. The smallest absolute Gasteiger partial charge is 0.145 e. The fourth-order valence-electron chi connectivity index (χ4n) is 1.41. The largest absolute Gasteiger partial charge is 0.497 e. The van der Waals surface area contributed by atoms with Gasteiger partial charge in [0.15, 0.2) is 0 Å². The van der Waals surface area contributed by atoms with E-state index in [1.54, 1.807) is 38.7 Å². The van der Waals surface area contributed by atoms with Gasteiger partial charge in [0.1, 0.15) is 17.8 Å². The van der Waals surface area contributed by atoms with Crippen LogP contribution >= 0.6 is 0 Å². The van der Waals surface area contributed by atoms with Crippen LogP contribution in [0.25, 0.3) is 0 Å². The van der Waals surface area contributed by atoms with Crippen molar-refractivity contribution in [3.63, 3.8) is 0 Å². The summed E-state index contributed by atoms with van der Waals surface area (Å²) in [7, 11) is 3.18. The topological polar surface area (TPSA) is 70.3 Å². The van der Waals surface area contributed by atoms with Crippen molar-refractivity contribution in [1.29, 1.82) is 0 Å². The molecule has 0 aliphatic rings. The van der Waals surface area contributed by atoms with Gasteiger partial charge in [0.2, 0.25) is 0 Å². The maximum Gasteiger partial charge on any atom is 0.145 e. The number of aryl methyl sites for hydroxylation is 2. The molecule has 0 radical (unpaired) electrons. The molecular formula is C14H19N3O2. The number of nitrogens with zero attached hydrogens (tertiary/aromatic N) is 2. The van der Waals surface area contributed by atoms with Crippen LogP contribution in [0.5, 0.6) is 11.5 Å². The molecule has 0 aliphatic carbocycles. The third kappa shape index (κ3) is 4.83. The predicted octanol–water partition coefficient (Wildman–Crippen LogP) is 2.38. The highest BCUT2D eigenvalue weighted by Gasteiger charge is 1.99. The fourth-order valence-corrected chi connectivity index (χ4v) is 1.41. The Labute approximate surface area is 113 Å². The standard InChI is InChI=1S/C8H11NO2.C6H8N2/c1-10-6-3-4-7(9)8(5-6)11-2;1-5-3-6(2)8-4-7-5/h3-5H,9H2,1-2H3;3-4H,1-2H3. The number of nitrogens with two attached hydrogens (primary N) is 1. The van der Waals surface area contributed by atoms with Gasteiger partial charge in [0, 0.05) is 17.5 Å². The van der Waals surface area contributed by atoms with Crippen molar-refractivity contribution < 1.29 is 9.47 Å². The highest BCUT2D eigenvalue weighted by molar-refractivity contribution is 5.55. The molecule has 0 spiro atoms. The first-order valence-corrected chi connectivity index (χ1v) is 5.79. The summed E-state index contributed by atoms with van der Waals surface area (Å²) in [4.78, 5) is 7.86. The number of rotatable bonds is 2. The zero-order valence-electron chi connectivity index (χ0n) is 11.7. The van der Waals surface area contributed by atoms with E-state index in [1.165, 1.54) is 0 Å². The first kappa shape index (κ1) is 14.8. The number of methoxy groups -OCH3 is 2. The van der Waals surface area contributed by atoms with Gasteiger partial charge in [-0.05, 0) is 32.0 Å². The van der Waals surface area contributed by atoms with Crippen LogP contribution in [-0.4, -0.2) is 24.2 Å². The Morgan fingerprint density at radius 2 is 1.58 bits per heavy atom. The van der Waals surface area contributed by atoms with E-state index in [9.17, 15) is 0 Å². The summed E-state index contributed by atoms with van der Waals surface area (Å²) in [5, 5.41) is 0. The second kappa shape index (κ2) is 7.20. The lowest BCUT2D eigenvalue weighted by molar-refractivity contribution is 0.395. The SMILES string of the molecule is COc1ccc(N)c(OC)c1.Cc1cc(C)ncn1. The molecule has 5 nitrogen and oxygen atoms in total. The highest BCUT2D eigenvalue weighted by atomic mass is 16.5. The minimum Gasteiger partial charge on any atom is -0.497 e. The molecule has 19 heavy (non-hydrogen) atoms. The Hall–Kier alpha value is -2.30. The van der Waals surface area contributed by atoms with Crippen molar-refractivity contribution in [2.45, 2.75) is 13.8 Å². The minimum atomic E-state index is 0.619. The van der Waals surface area contributed by atoms with Crippen LogP contribution < -0.4 is 15.2 Å². The van der Waals surface area contributed by atoms with Crippen molar-refractivity contribution in [2.75, 3.05) is 20.0 Å². The molecule has 0 bridgehead atoms. The van der Waals surface area contributed by atoms with Gasteiger partial charge in [-0.15, -0.1) is 0 Å². The maximum absolute atomic E-state index is 5.57. The van der Waals surface area contributed by atoms with Crippen LogP contribution in [0.1, 0.15) is 11.4 Å². The Morgan fingerprint density at radius 3 is 2.00 bits per heavy atom. The van der Waals surface area contributed by atoms with Crippen molar-refractivity contribution >= 4 is 5.69 Å². The van der Waals surface area contributed by atoms with Crippen molar-refractivity contribution in [3.05, 3.63) is 42.0 Å². The van der Waals surface area contributed by atoms with Crippen LogP contribution in [0.15, 0.2) is 30.6 Å². The van der Waals surface area contributed by atoms with Crippen LogP contribution in [0.2, 0.25) is 0 Å². The molecule has 0 saturated carbocycles. The van der Waals surface area contributed by atoms with Gasteiger partial charge >= 0.3 is 0 Å². The Morgan fingerprint density at radius 1 is 0.947 bits per heavy atom. The molecule has 0 aliphatic heterocycles. The monoisotopic (exact) mass is 261 g/mol. The molecule has 2 rings (SSSR count). The van der Waals surface area contributed by atoms with Crippen molar-refractivity contribution in [2.24, 2.45) is 0 Å². The lowest BCUT2D eigenvalue weighted by atomic mass is 10.3. The molecule has 0 saturated heterocycles. The summed E-state index contributed by atoms with van der Waals surface area (Å²) in [6.45, 7) is 3.91. The van der Waals surface area contributed by atoms with Crippen LogP contribution in [-0.2, 0) is 0 Å². The molecular weight excluding hydrogens is 242 g/mol. The maximum atomic E-state index is 5.57. The van der Waals surface area contributed by atoms with Gasteiger partial charge in [-0.2, -0.15) is 0 Å². The third-order valence-corrected chi connectivity index (χ3v) is 2.38. The van der Waals surface area contributed by atoms with Crippen molar-refractivity contribution in [1.82, 2.24) is 9.97 Å². The summed E-state index contributed by atoms with van der Waals surface area (Å²) in [5.41, 5.74) is 8.24. The average molecular weight is 261 g/mol. The molecule has 2 N–H and O–H groups in total. The van der Waals surface area contributed by atoms with E-state index < -0.39 is 0 Å². The number of benzene rings is 1. The summed E-state index contributed by atoms with van der Waals surface area (Å²) in [5.74, 6) is 1.39. The van der Waals surface area contributed by atoms with Gasteiger partial charge in [0.25, 0.3) is 0 Å². The molecule has 1 aromatic carbocycles. The normalized spacial score (nSPS) is 9.26. The molecule has 2 aromatic rings. The first-order valence-electron chi connectivity index (χ1n) is 5.79. The summed E-state index contributed by atoms with van der Waals surface area (Å²) >= 11 is 0. The van der Waals surface area contributed by atoms with Gasteiger partial charge < -0.3 is 15.2 Å². The lowest BCUT2D eigenvalue weighted by Gasteiger charge is -2.05. The van der Waals surface area contributed by atoms with E-state index in [-0.39, 0.29) is 0 Å². The van der Waals surface area contributed by atoms with Crippen LogP contribution in [0.3, 0.4) is 0 Å². The number of nitrogen functional groups attached to an aromatic ring is 1. The number of anilines is 1. The molecule has 1 heterocycles. The van der Waals surface area contributed by atoms with E-state index in [4.69, 9.17) is 15.2 Å². The molecule has 5 heteroatoms. The first-order chi connectivity index (χ1) is 9.06. The van der Waals surface area contributed by atoms with E-state index >= 15 is 0 Å². The molecule has 0 unspecified atom stereocenters. The predicted molar refractivity (Wildman–Crippen MR) is 75.5 cm³/mol. The number of hydrogen-bond acceptors (Lipinski definition) is 5. The molecule has 1 aromatic heterocycles. The minimum absolute atomic E-state index is 0.619. The van der Waals surface area contributed by atoms with Gasteiger partial charge in [0.05, 0.1) is 19.9 Å². The van der Waals surface area contributed by atoms with Crippen LogP contribution in [0.4, 0.5) is 5.69 Å². The Kier molecular flexibility index (Phi) is 5.60. The highest BCUT2D eigenvalue weighted by Crippen LogP contribution is 2.25. The summed E-state index contributed by atoms with van der Waals surface area (Å²) in [6.07, 6.45) is 1.57. The van der Waals surface area contributed by atoms with E-state index in [0.29, 0.717) is 11.4 Å². The Bertz CT molecular complexity index is 513. The zero-order valence-corrected chi connectivity index (χ0v) is 11.7. The average Bonchev–Trinajstić information content (AvgIpc) is 2.40. The van der Waals surface area contributed by atoms with Gasteiger partial charge in [-0.3, -0.25) is 0 Å². The molecule has 0 atom stereocenters. The summed E-state index contributed by atoms with van der Waals surface area (Å²) in [6, 6.07) is 7.23. The van der Waals surface area contributed by atoms with E-state index in [1.807, 2.05) is 19.9 Å². The molecule has 102 valence electrons. The molecule has 0 amide bonds. The second-order valence-electron chi connectivity index (χ2n) is 3.91. The second-order valence-corrected chi connectivity index (χ2v) is 3.91. The van der Waals surface area contributed by atoms with Crippen LogP contribution in [0, 0.1) is 13.8 Å². The quantitative estimate of drug-likeness (QED) is 0.840.